The van der Waals surface area contributed by atoms with Gasteiger partial charge in [-0.2, -0.15) is 0 Å². The first-order valence-electron chi connectivity index (χ1n) is 5.35. The number of hydrogen-bond acceptors (Lipinski definition) is 5. The molecule has 0 aliphatic carbocycles. The first-order chi connectivity index (χ1) is 8.45. The van der Waals surface area contributed by atoms with E-state index < -0.39 is 0 Å². The zero-order valence-electron chi connectivity index (χ0n) is 10.5. The Hall–Kier alpha value is -1.48. The van der Waals surface area contributed by atoms with E-state index in [4.69, 9.17) is 16.6 Å². The van der Waals surface area contributed by atoms with Gasteiger partial charge in [0.05, 0.1) is 5.75 Å². The van der Waals surface area contributed by atoms with Crippen molar-refractivity contribution in [3.8, 4) is 0 Å². The number of halogens is 1. The number of carbonyl (C=O) groups is 2. The lowest BCUT2D eigenvalue weighted by atomic mass is 10.3. The van der Waals surface area contributed by atoms with Gasteiger partial charge in [-0.3, -0.25) is 31.0 Å². The van der Waals surface area contributed by atoms with Crippen molar-refractivity contribution >= 4 is 47.2 Å². The Morgan fingerprint density at radius 1 is 1.47 bits per heavy atom. The van der Waals surface area contributed by atoms with Gasteiger partial charge in [-0.1, -0.05) is 25.1 Å². The summed E-state index contributed by atoms with van der Waals surface area (Å²) in [6.45, 7) is 2.82. The number of amides is 2. The van der Waals surface area contributed by atoms with E-state index in [0.29, 0.717) is 5.75 Å². The predicted octanol–water partition coefficient (Wildman–Crippen LogP) is 0.185. The second kappa shape index (κ2) is 11.6. The molecule has 7 N–H and O–H groups in total. The van der Waals surface area contributed by atoms with E-state index in [1.54, 1.807) is 0 Å². The zero-order valence-corrected chi connectivity index (χ0v) is 12.2. The monoisotopic (exact) mass is 310 g/mol. The van der Waals surface area contributed by atoms with Crippen LogP contribution in [0.4, 0.5) is 4.79 Å². The summed E-state index contributed by atoms with van der Waals surface area (Å²) in [6.07, 6.45) is 2.10. The van der Waals surface area contributed by atoms with E-state index in [-0.39, 0.29) is 35.5 Å². The first kappa shape index (κ1) is 19.9. The number of guanidine groups is 2. The average molecular weight is 311 g/mol. The normalized spacial score (nSPS) is 12.5. The summed E-state index contributed by atoms with van der Waals surface area (Å²) in [5.74, 6) is -0.0151. The minimum absolute atomic E-state index is 0. The van der Waals surface area contributed by atoms with Crippen LogP contribution in [0.2, 0.25) is 0 Å². The third kappa shape index (κ3) is 12.8. The van der Waals surface area contributed by atoms with Crippen LogP contribution in [0.5, 0.6) is 0 Å². The average Bonchev–Trinajstić information content (AvgIpc) is 2.62. The molecule has 0 saturated carbocycles. The van der Waals surface area contributed by atoms with Crippen molar-refractivity contribution in [3.63, 3.8) is 0 Å². The highest BCUT2D eigenvalue weighted by molar-refractivity contribution is 8.14. The van der Waals surface area contributed by atoms with E-state index in [1.807, 2.05) is 0 Å². The van der Waals surface area contributed by atoms with Crippen molar-refractivity contribution < 1.29 is 9.59 Å². The van der Waals surface area contributed by atoms with Gasteiger partial charge in [-0.05, 0) is 6.42 Å². The maximum absolute atomic E-state index is 10.1. The number of unbranched alkanes of at least 4 members (excludes halogenated alkanes) is 1. The van der Waals surface area contributed by atoms with Crippen LogP contribution in [-0.4, -0.2) is 35.4 Å². The van der Waals surface area contributed by atoms with E-state index in [0.717, 1.165) is 31.1 Å². The Bertz CT molecular complexity index is 325. The van der Waals surface area contributed by atoms with E-state index in [1.165, 1.54) is 0 Å². The SMILES string of the molecule is CCCCNC(=N)NC(=N)N.Cl.O=C1CSC(=O)N1. The molecule has 1 heterocycles. The maximum atomic E-state index is 10.1. The lowest BCUT2D eigenvalue weighted by Gasteiger charge is -2.06. The summed E-state index contributed by atoms with van der Waals surface area (Å²) in [5, 5.41) is 20.9. The fourth-order valence-electron chi connectivity index (χ4n) is 0.886. The van der Waals surface area contributed by atoms with Gasteiger partial charge >= 0.3 is 0 Å². The second-order valence-electron chi connectivity index (χ2n) is 3.32. The number of nitrogens with one attached hydrogen (secondary N) is 5. The molecule has 2 amide bonds. The molecule has 1 rings (SSSR count). The van der Waals surface area contributed by atoms with Crippen molar-refractivity contribution in [1.82, 2.24) is 16.0 Å². The number of imide groups is 1. The van der Waals surface area contributed by atoms with Crippen LogP contribution in [0.3, 0.4) is 0 Å². The Kier molecular flexibility index (Phi) is 12.1. The standard InChI is InChI=1S/C6H15N5.C3H3NO2S.ClH/c1-2-3-4-10-6(9)11-5(7)8;5-2-1-7-3(6)4-2;/h2-4H2,1H3,(H6,7,8,9,10,11);1H2,(H,4,5,6);1H. The number of rotatable bonds is 3. The van der Waals surface area contributed by atoms with Gasteiger partial charge in [0.15, 0.2) is 11.9 Å². The first-order valence-corrected chi connectivity index (χ1v) is 6.34. The Morgan fingerprint density at radius 2 is 2.11 bits per heavy atom. The molecule has 0 radical (unpaired) electrons. The molecular weight excluding hydrogens is 292 g/mol. The maximum Gasteiger partial charge on any atom is 0.286 e. The Balaban J connectivity index is 0. The lowest BCUT2D eigenvalue weighted by molar-refractivity contribution is -0.117. The molecule has 0 spiro atoms. The molecule has 110 valence electrons. The van der Waals surface area contributed by atoms with Gasteiger partial charge in [0.1, 0.15) is 0 Å². The van der Waals surface area contributed by atoms with Gasteiger partial charge in [-0.25, -0.2) is 0 Å². The van der Waals surface area contributed by atoms with Gasteiger partial charge in [0.25, 0.3) is 5.24 Å². The predicted molar refractivity (Wildman–Crippen MR) is 78.9 cm³/mol. The van der Waals surface area contributed by atoms with Gasteiger partial charge in [0.2, 0.25) is 5.91 Å². The van der Waals surface area contributed by atoms with Crippen molar-refractivity contribution in [2.24, 2.45) is 5.73 Å². The highest BCUT2D eigenvalue weighted by atomic mass is 35.5. The smallest absolute Gasteiger partial charge is 0.286 e. The van der Waals surface area contributed by atoms with E-state index in [2.05, 4.69) is 22.9 Å². The minimum Gasteiger partial charge on any atom is -0.370 e. The molecule has 0 unspecified atom stereocenters. The number of carbonyl (C=O) groups excluding carboxylic acids is 2. The van der Waals surface area contributed by atoms with E-state index >= 15 is 0 Å². The zero-order chi connectivity index (χ0) is 14.0. The molecule has 0 aromatic heterocycles. The summed E-state index contributed by atoms with van der Waals surface area (Å²) in [7, 11) is 0. The van der Waals surface area contributed by atoms with E-state index in [9.17, 15) is 9.59 Å². The van der Waals surface area contributed by atoms with Crippen LogP contribution >= 0.6 is 24.2 Å². The number of hydrogen-bond donors (Lipinski definition) is 6. The van der Waals surface area contributed by atoms with Crippen LogP contribution in [0.1, 0.15) is 19.8 Å². The van der Waals surface area contributed by atoms with Crippen molar-refractivity contribution in [1.29, 1.82) is 10.8 Å². The number of thioether (sulfide) groups is 1. The fourth-order valence-corrected chi connectivity index (χ4v) is 1.41. The highest BCUT2D eigenvalue weighted by Gasteiger charge is 2.16. The molecule has 0 aromatic rings. The summed E-state index contributed by atoms with van der Waals surface area (Å²) in [4.78, 5) is 20.2. The Labute approximate surface area is 122 Å². The second-order valence-corrected chi connectivity index (χ2v) is 4.27. The molecule has 8 nitrogen and oxygen atoms in total. The summed E-state index contributed by atoms with van der Waals surface area (Å²) in [6, 6.07) is 0. The third-order valence-corrected chi connectivity index (χ3v) is 2.44. The van der Waals surface area contributed by atoms with Gasteiger partial charge < -0.3 is 11.1 Å². The molecule has 1 aliphatic rings. The molecule has 0 aromatic carbocycles. The Morgan fingerprint density at radius 3 is 2.42 bits per heavy atom. The van der Waals surface area contributed by atoms with Crippen LogP contribution in [0.15, 0.2) is 0 Å². The van der Waals surface area contributed by atoms with Crippen LogP contribution < -0.4 is 21.7 Å². The lowest BCUT2D eigenvalue weighted by Crippen LogP contribution is -2.43. The molecule has 0 bridgehead atoms. The summed E-state index contributed by atoms with van der Waals surface area (Å²) < 4.78 is 0. The molecule has 0 atom stereocenters. The summed E-state index contributed by atoms with van der Waals surface area (Å²) >= 11 is 1.01. The molecule has 1 fully saturated rings. The highest BCUT2D eigenvalue weighted by Crippen LogP contribution is 2.06. The largest absolute Gasteiger partial charge is 0.370 e. The quantitative estimate of drug-likeness (QED) is 0.249. The topological polar surface area (TPSA) is 144 Å². The molecular formula is C9H19ClN6O2S. The van der Waals surface area contributed by atoms with Gasteiger partial charge in [-0.15, -0.1) is 12.4 Å². The van der Waals surface area contributed by atoms with Crippen molar-refractivity contribution in [2.75, 3.05) is 12.3 Å². The number of nitrogens with two attached hydrogens (primary N) is 1. The molecule has 10 heteroatoms. The van der Waals surface area contributed by atoms with Crippen LogP contribution in [0.25, 0.3) is 0 Å². The van der Waals surface area contributed by atoms with Gasteiger partial charge in [0, 0.05) is 6.54 Å². The molecule has 1 saturated heterocycles. The van der Waals surface area contributed by atoms with Crippen molar-refractivity contribution in [2.45, 2.75) is 19.8 Å². The van der Waals surface area contributed by atoms with Crippen LogP contribution in [0, 0.1) is 10.8 Å². The molecule has 1 aliphatic heterocycles. The third-order valence-electron chi connectivity index (χ3n) is 1.67. The van der Waals surface area contributed by atoms with Crippen LogP contribution in [-0.2, 0) is 4.79 Å². The molecule has 19 heavy (non-hydrogen) atoms. The summed E-state index contributed by atoms with van der Waals surface area (Å²) in [5.41, 5.74) is 4.99. The fraction of sp³-hybridized carbons (Fsp3) is 0.556. The minimum atomic E-state index is -0.231. The van der Waals surface area contributed by atoms with Crippen molar-refractivity contribution in [3.05, 3.63) is 0 Å².